The molecule has 12 heavy (non-hydrogen) atoms. The fraction of sp³-hybridized carbons (Fsp3) is 0.222. The van der Waals surface area contributed by atoms with Crippen LogP contribution in [0.5, 0.6) is 0 Å². The Labute approximate surface area is 69.0 Å². The van der Waals surface area contributed by atoms with Gasteiger partial charge in [-0.1, -0.05) is 12.1 Å². The van der Waals surface area contributed by atoms with Crippen LogP contribution in [-0.4, -0.2) is 0 Å². The molecule has 0 aromatic heterocycles. The molecule has 0 aliphatic carbocycles. The normalized spacial score (nSPS) is 11.8. The van der Waals surface area contributed by atoms with E-state index in [0.717, 1.165) is 6.07 Å². The van der Waals surface area contributed by atoms with E-state index in [9.17, 15) is 13.2 Å². The predicted molar refractivity (Wildman–Crippen MR) is 40.6 cm³/mol. The Morgan fingerprint density at radius 1 is 1.25 bits per heavy atom. The Bertz CT molecular complexity index is 286. The molecule has 0 amide bonds. The van der Waals surface area contributed by atoms with Gasteiger partial charge in [0.1, 0.15) is 0 Å². The molecule has 1 aromatic carbocycles. The van der Waals surface area contributed by atoms with Crippen molar-refractivity contribution in [1.29, 1.82) is 0 Å². The lowest BCUT2D eigenvalue weighted by molar-refractivity contribution is -0.138. The highest BCUT2D eigenvalue weighted by Crippen LogP contribution is 2.32. The maximum atomic E-state index is 12.2. The first-order chi connectivity index (χ1) is 5.43. The summed E-state index contributed by atoms with van der Waals surface area (Å²) in [4.78, 5) is 0. The third-order valence-corrected chi connectivity index (χ3v) is 1.75. The summed E-state index contributed by atoms with van der Waals surface area (Å²) in [7, 11) is 0. The van der Waals surface area contributed by atoms with Gasteiger partial charge in [-0.2, -0.15) is 13.2 Å². The van der Waals surface area contributed by atoms with Crippen LogP contribution in [0.25, 0.3) is 0 Å². The first-order valence-electron chi connectivity index (χ1n) is 3.41. The van der Waals surface area contributed by atoms with Crippen molar-refractivity contribution in [3.05, 3.63) is 41.8 Å². The molecule has 0 aliphatic heterocycles. The van der Waals surface area contributed by atoms with Crippen molar-refractivity contribution in [3.8, 4) is 0 Å². The van der Waals surface area contributed by atoms with Crippen molar-refractivity contribution in [2.75, 3.05) is 0 Å². The van der Waals surface area contributed by atoms with E-state index in [1.54, 1.807) is 6.07 Å². The molecule has 0 saturated carbocycles. The summed E-state index contributed by atoms with van der Waals surface area (Å²) in [6.45, 7) is 4.92. The summed E-state index contributed by atoms with van der Waals surface area (Å²) in [6, 6.07) is 3.98. The molecule has 65 valence electrons. The zero-order valence-corrected chi connectivity index (χ0v) is 6.57. The molecule has 0 spiro atoms. The molecule has 0 unspecified atom stereocenters. The first kappa shape index (κ1) is 9.10. The van der Waals surface area contributed by atoms with E-state index in [0.29, 0.717) is 5.56 Å². The van der Waals surface area contributed by atoms with Gasteiger partial charge in [0.25, 0.3) is 0 Å². The zero-order chi connectivity index (χ0) is 9.35. The maximum Gasteiger partial charge on any atom is 0.416 e. The van der Waals surface area contributed by atoms with Gasteiger partial charge in [-0.05, 0) is 31.0 Å². The Kier molecular flexibility index (Phi) is 2.13. The molecular weight excluding hydrogens is 165 g/mol. The number of alkyl halides is 3. The van der Waals surface area contributed by atoms with E-state index >= 15 is 0 Å². The minimum atomic E-state index is -4.27. The Morgan fingerprint density at radius 2 is 1.83 bits per heavy atom. The van der Waals surface area contributed by atoms with Gasteiger partial charge < -0.3 is 0 Å². The smallest absolute Gasteiger partial charge is 0.166 e. The van der Waals surface area contributed by atoms with E-state index < -0.39 is 11.7 Å². The Morgan fingerprint density at radius 3 is 2.25 bits per heavy atom. The minimum Gasteiger partial charge on any atom is -0.166 e. The molecule has 0 heterocycles. The van der Waals surface area contributed by atoms with Gasteiger partial charge in [-0.25, -0.2) is 0 Å². The van der Waals surface area contributed by atoms with Gasteiger partial charge in [0.2, 0.25) is 0 Å². The fourth-order valence-electron chi connectivity index (χ4n) is 0.991. The number of hydrogen-bond acceptors (Lipinski definition) is 0. The third kappa shape index (κ3) is 1.60. The third-order valence-electron chi connectivity index (χ3n) is 1.75. The van der Waals surface area contributed by atoms with Gasteiger partial charge in [-0.3, -0.25) is 0 Å². The minimum absolute atomic E-state index is 0.199. The largest absolute Gasteiger partial charge is 0.416 e. The molecule has 0 aliphatic rings. The molecular formula is C9H8F3. The standard InChI is InChI=1S/C9H8F3/c1-6-4-3-5-8(7(6)2)9(10,11)12/h3-5H,1H2,2H3. The van der Waals surface area contributed by atoms with Crippen LogP contribution in [0, 0.1) is 13.8 Å². The molecule has 3 heteroatoms. The number of halogens is 3. The molecule has 0 nitrogen and oxygen atoms in total. The van der Waals surface area contributed by atoms with Crippen LogP contribution >= 0.6 is 0 Å². The SMILES string of the molecule is [CH2]c1cccc(C(F)(F)F)c1C. The fourth-order valence-corrected chi connectivity index (χ4v) is 0.991. The lowest BCUT2D eigenvalue weighted by Gasteiger charge is -2.11. The molecule has 0 saturated heterocycles. The van der Waals surface area contributed by atoms with Crippen molar-refractivity contribution >= 4 is 0 Å². The van der Waals surface area contributed by atoms with Gasteiger partial charge in [0, 0.05) is 0 Å². The highest BCUT2D eigenvalue weighted by molar-refractivity contribution is 5.37. The molecule has 0 atom stereocenters. The first-order valence-corrected chi connectivity index (χ1v) is 3.41. The summed E-state index contributed by atoms with van der Waals surface area (Å²) in [6.07, 6.45) is -4.27. The molecule has 0 bridgehead atoms. The van der Waals surface area contributed by atoms with Crippen LogP contribution in [0.3, 0.4) is 0 Å². The molecule has 0 N–H and O–H groups in total. The van der Waals surface area contributed by atoms with Crippen molar-refractivity contribution in [2.45, 2.75) is 13.1 Å². The van der Waals surface area contributed by atoms with E-state index in [1.807, 2.05) is 0 Å². The van der Waals surface area contributed by atoms with Crippen LogP contribution < -0.4 is 0 Å². The number of hydrogen-bond donors (Lipinski definition) is 0. The van der Waals surface area contributed by atoms with Crippen molar-refractivity contribution < 1.29 is 13.2 Å². The van der Waals surface area contributed by atoms with E-state index in [4.69, 9.17) is 0 Å². The van der Waals surface area contributed by atoms with Crippen LogP contribution in [-0.2, 0) is 6.18 Å². The van der Waals surface area contributed by atoms with Crippen LogP contribution in [0.15, 0.2) is 18.2 Å². The predicted octanol–water partition coefficient (Wildman–Crippen LogP) is 3.20. The quantitative estimate of drug-likeness (QED) is 0.565. The summed E-state index contributed by atoms with van der Waals surface area (Å²) >= 11 is 0. The Balaban J connectivity index is 3.26. The van der Waals surface area contributed by atoms with Crippen LogP contribution in [0.4, 0.5) is 13.2 Å². The lowest BCUT2D eigenvalue weighted by atomic mass is 10.0. The molecule has 1 radical (unpaired) electrons. The maximum absolute atomic E-state index is 12.2. The summed E-state index contributed by atoms with van der Waals surface area (Å²) in [5, 5.41) is 0. The molecule has 0 fully saturated rings. The van der Waals surface area contributed by atoms with E-state index in [2.05, 4.69) is 6.92 Å². The van der Waals surface area contributed by atoms with Gasteiger partial charge >= 0.3 is 6.18 Å². The molecule has 1 rings (SSSR count). The van der Waals surface area contributed by atoms with E-state index in [1.165, 1.54) is 13.0 Å². The second kappa shape index (κ2) is 2.81. The highest BCUT2D eigenvalue weighted by atomic mass is 19.4. The van der Waals surface area contributed by atoms with Gasteiger partial charge in [0.15, 0.2) is 0 Å². The van der Waals surface area contributed by atoms with E-state index in [-0.39, 0.29) is 5.56 Å². The summed E-state index contributed by atoms with van der Waals surface area (Å²) < 4.78 is 36.6. The topological polar surface area (TPSA) is 0 Å². The van der Waals surface area contributed by atoms with Crippen molar-refractivity contribution in [3.63, 3.8) is 0 Å². The summed E-state index contributed by atoms with van der Waals surface area (Å²) in [5.74, 6) is 0. The van der Waals surface area contributed by atoms with Gasteiger partial charge in [-0.15, -0.1) is 0 Å². The average Bonchev–Trinajstić information content (AvgIpc) is 1.92. The summed E-state index contributed by atoms with van der Waals surface area (Å²) in [5.41, 5.74) is 0.0184. The average molecular weight is 173 g/mol. The second-order valence-electron chi connectivity index (χ2n) is 2.59. The van der Waals surface area contributed by atoms with Crippen molar-refractivity contribution in [1.82, 2.24) is 0 Å². The monoisotopic (exact) mass is 173 g/mol. The number of rotatable bonds is 0. The zero-order valence-electron chi connectivity index (χ0n) is 6.57. The lowest BCUT2D eigenvalue weighted by Crippen LogP contribution is -2.07. The molecule has 1 aromatic rings. The Hall–Kier alpha value is -0.990. The second-order valence-corrected chi connectivity index (χ2v) is 2.59. The van der Waals surface area contributed by atoms with Crippen molar-refractivity contribution in [2.24, 2.45) is 0 Å². The van der Waals surface area contributed by atoms with Gasteiger partial charge in [0.05, 0.1) is 5.56 Å². The van der Waals surface area contributed by atoms with Crippen LogP contribution in [0.1, 0.15) is 16.7 Å². The highest BCUT2D eigenvalue weighted by Gasteiger charge is 2.32. The number of benzene rings is 1. The van der Waals surface area contributed by atoms with Crippen LogP contribution in [0.2, 0.25) is 0 Å².